The Kier molecular flexibility index (Phi) is 7.25. The van der Waals surface area contributed by atoms with Gasteiger partial charge in [0.2, 0.25) is 0 Å². The van der Waals surface area contributed by atoms with E-state index in [1.54, 1.807) is 42.5 Å². The van der Waals surface area contributed by atoms with Gasteiger partial charge in [0.1, 0.15) is 0 Å². The number of rotatable bonds is 7. The Labute approximate surface area is 187 Å². The van der Waals surface area contributed by atoms with Crippen LogP contribution in [0.1, 0.15) is 12.5 Å². The highest BCUT2D eigenvalue weighted by atomic mass is 35.5. The number of anilines is 1. The minimum atomic E-state index is -0.380. The summed E-state index contributed by atoms with van der Waals surface area (Å²) >= 11 is 12.9. The third-order valence-corrected chi connectivity index (χ3v) is 5.32. The zero-order valence-corrected chi connectivity index (χ0v) is 18.1. The Balaban J connectivity index is 1.67. The molecule has 1 heterocycles. The topological polar surface area (TPSA) is 103 Å². The maximum Gasteiger partial charge on any atom is 0.286 e. The van der Waals surface area contributed by atoms with Crippen LogP contribution in [0.5, 0.6) is 11.5 Å². The van der Waals surface area contributed by atoms with E-state index in [1.165, 1.54) is 0 Å². The van der Waals surface area contributed by atoms with E-state index in [1.807, 2.05) is 6.92 Å². The molecule has 2 amide bonds. The molecule has 0 aromatic heterocycles. The molecule has 0 spiro atoms. The normalized spacial score (nSPS) is 14.6. The number of halogens is 2. The number of thioether (sulfide) groups is 1. The van der Waals surface area contributed by atoms with Crippen molar-refractivity contribution in [3.63, 3.8) is 0 Å². The number of amides is 2. The van der Waals surface area contributed by atoms with E-state index in [4.69, 9.17) is 38.4 Å². The number of nitrogens with one attached hydrogen (secondary N) is 1. The van der Waals surface area contributed by atoms with Gasteiger partial charge >= 0.3 is 0 Å². The molecule has 7 nitrogen and oxygen atoms in total. The molecule has 0 saturated heterocycles. The van der Waals surface area contributed by atoms with Crippen molar-refractivity contribution in [2.75, 3.05) is 18.5 Å². The van der Waals surface area contributed by atoms with Crippen molar-refractivity contribution < 1.29 is 19.1 Å². The molecular formula is C20H17Cl2N3O4S. The lowest BCUT2D eigenvalue weighted by Crippen LogP contribution is -2.20. The summed E-state index contributed by atoms with van der Waals surface area (Å²) in [5, 5.41) is 3.63. The molecular weight excluding hydrogens is 449 g/mol. The van der Waals surface area contributed by atoms with E-state index in [-0.39, 0.29) is 23.6 Å². The van der Waals surface area contributed by atoms with Crippen LogP contribution in [0.15, 0.2) is 46.3 Å². The zero-order chi connectivity index (χ0) is 21.7. The van der Waals surface area contributed by atoms with Crippen LogP contribution < -0.4 is 20.5 Å². The molecule has 0 saturated carbocycles. The molecule has 0 fully saturated rings. The Bertz CT molecular complexity index is 1060. The third kappa shape index (κ3) is 5.69. The van der Waals surface area contributed by atoms with Gasteiger partial charge in [-0.15, -0.1) is 0 Å². The summed E-state index contributed by atoms with van der Waals surface area (Å²) < 4.78 is 11.2. The van der Waals surface area contributed by atoms with Crippen molar-refractivity contribution in [3.8, 4) is 11.5 Å². The summed E-state index contributed by atoms with van der Waals surface area (Å²) in [6.45, 7) is 1.99. The average Bonchev–Trinajstić information content (AvgIpc) is 3.01. The summed E-state index contributed by atoms with van der Waals surface area (Å²) in [4.78, 5) is 28.0. The first-order chi connectivity index (χ1) is 14.4. The first-order valence-electron chi connectivity index (χ1n) is 8.78. The molecule has 0 unspecified atom stereocenters. The van der Waals surface area contributed by atoms with Crippen LogP contribution in [0.25, 0.3) is 6.08 Å². The number of ether oxygens (including phenoxy) is 2. The molecule has 0 bridgehead atoms. The second-order valence-electron chi connectivity index (χ2n) is 5.97. The number of carbonyl (C=O) groups excluding carboxylic acids is 2. The fraction of sp³-hybridized carbons (Fsp3) is 0.150. The molecule has 1 aliphatic heterocycles. The molecule has 10 heteroatoms. The summed E-state index contributed by atoms with van der Waals surface area (Å²) in [6.07, 6.45) is 1.67. The SMILES string of the molecule is CCOc1cc(/C=C2\SC(N)=NC2=O)ccc1OCC(=O)Nc1ccc(Cl)c(Cl)c1. The molecule has 156 valence electrons. The van der Waals surface area contributed by atoms with Gasteiger partial charge in [0.15, 0.2) is 23.3 Å². The van der Waals surface area contributed by atoms with Gasteiger partial charge in [-0.05, 0) is 60.7 Å². The van der Waals surface area contributed by atoms with Gasteiger partial charge in [-0.25, -0.2) is 0 Å². The lowest BCUT2D eigenvalue weighted by molar-refractivity contribution is -0.118. The van der Waals surface area contributed by atoms with E-state index < -0.39 is 0 Å². The summed E-state index contributed by atoms with van der Waals surface area (Å²) in [7, 11) is 0. The molecule has 0 aliphatic carbocycles. The van der Waals surface area contributed by atoms with Crippen molar-refractivity contribution in [2.24, 2.45) is 10.7 Å². The number of aliphatic imine (C=N–C) groups is 1. The zero-order valence-electron chi connectivity index (χ0n) is 15.8. The highest BCUT2D eigenvalue weighted by molar-refractivity contribution is 8.18. The number of hydrogen-bond acceptors (Lipinski definition) is 6. The van der Waals surface area contributed by atoms with Gasteiger partial charge < -0.3 is 20.5 Å². The molecule has 3 rings (SSSR count). The molecule has 0 radical (unpaired) electrons. The van der Waals surface area contributed by atoms with Crippen LogP contribution in [0.2, 0.25) is 10.0 Å². The Morgan fingerprint density at radius 2 is 1.97 bits per heavy atom. The largest absolute Gasteiger partial charge is 0.490 e. The second kappa shape index (κ2) is 9.88. The Morgan fingerprint density at radius 3 is 2.63 bits per heavy atom. The van der Waals surface area contributed by atoms with Gasteiger partial charge in [-0.3, -0.25) is 9.59 Å². The van der Waals surface area contributed by atoms with Crippen molar-refractivity contribution in [1.29, 1.82) is 0 Å². The monoisotopic (exact) mass is 465 g/mol. The molecule has 2 aromatic rings. The minimum absolute atomic E-state index is 0.212. The van der Waals surface area contributed by atoms with Gasteiger partial charge in [-0.2, -0.15) is 4.99 Å². The first kappa shape index (κ1) is 22.0. The number of nitrogens with zero attached hydrogens (tertiary/aromatic N) is 1. The smallest absolute Gasteiger partial charge is 0.286 e. The standard InChI is InChI=1S/C20H17Cl2N3O4S/c1-2-28-16-7-11(8-17-19(27)25-20(23)30-17)3-6-15(16)29-10-18(26)24-12-4-5-13(21)14(22)9-12/h3-9H,2,10H2,1H3,(H,24,26)(H2,23,25,27)/b17-8-. The molecule has 3 N–H and O–H groups in total. The van der Waals surface area contributed by atoms with Crippen molar-refractivity contribution in [3.05, 3.63) is 56.9 Å². The second-order valence-corrected chi connectivity index (χ2v) is 7.85. The van der Waals surface area contributed by atoms with E-state index in [0.717, 1.165) is 11.8 Å². The summed E-state index contributed by atoms with van der Waals surface area (Å²) in [6, 6.07) is 9.90. The van der Waals surface area contributed by atoms with Crippen molar-refractivity contribution in [1.82, 2.24) is 0 Å². The Hall–Kier alpha value is -2.68. The van der Waals surface area contributed by atoms with E-state index in [9.17, 15) is 9.59 Å². The Morgan fingerprint density at radius 1 is 1.17 bits per heavy atom. The van der Waals surface area contributed by atoms with Crippen LogP contribution in [0.3, 0.4) is 0 Å². The number of hydrogen-bond donors (Lipinski definition) is 2. The molecule has 30 heavy (non-hydrogen) atoms. The van der Waals surface area contributed by atoms with E-state index in [0.29, 0.717) is 44.3 Å². The quantitative estimate of drug-likeness (QED) is 0.589. The first-order valence-corrected chi connectivity index (χ1v) is 10.4. The summed E-state index contributed by atoms with van der Waals surface area (Å²) in [5.41, 5.74) is 6.78. The predicted octanol–water partition coefficient (Wildman–Crippen LogP) is 4.34. The maximum atomic E-state index is 12.2. The summed E-state index contributed by atoms with van der Waals surface area (Å²) in [5.74, 6) is 0.0837. The van der Waals surface area contributed by atoms with Gasteiger partial charge in [0.25, 0.3) is 11.8 Å². The number of benzene rings is 2. The van der Waals surface area contributed by atoms with Crippen LogP contribution in [-0.4, -0.2) is 30.2 Å². The molecule has 0 atom stereocenters. The highest BCUT2D eigenvalue weighted by Gasteiger charge is 2.19. The van der Waals surface area contributed by atoms with Crippen LogP contribution >= 0.6 is 35.0 Å². The van der Waals surface area contributed by atoms with Crippen molar-refractivity contribution >= 4 is 63.7 Å². The van der Waals surface area contributed by atoms with Crippen LogP contribution in [0, 0.1) is 0 Å². The number of nitrogens with two attached hydrogens (primary N) is 1. The fourth-order valence-corrected chi connectivity index (χ4v) is 3.47. The lowest BCUT2D eigenvalue weighted by Gasteiger charge is -2.13. The van der Waals surface area contributed by atoms with Crippen molar-refractivity contribution in [2.45, 2.75) is 6.92 Å². The highest BCUT2D eigenvalue weighted by Crippen LogP contribution is 2.32. The predicted molar refractivity (Wildman–Crippen MR) is 120 cm³/mol. The van der Waals surface area contributed by atoms with Gasteiger partial charge in [0, 0.05) is 5.69 Å². The van der Waals surface area contributed by atoms with Crippen LogP contribution in [-0.2, 0) is 9.59 Å². The number of amidine groups is 1. The van der Waals surface area contributed by atoms with E-state index in [2.05, 4.69) is 10.3 Å². The fourth-order valence-electron chi connectivity index (χ4n) is 2.49. The van der Waals surface area contributed by atoms with Gasteiger partial charge in [0.05, 0.1) is 21.6 Å². The maximum absolute atomic E-state index is 12.2. The number of carbonyl (C=O) groups is 2. The third-order valence-electron chi connectivity index (χ3n) is 3.76. The molecule has 1 aliphatic rings. The van der Waals surface area contributed by atoms with Crippen LogP contribution in [0.4, 0.5) is 5.69 Å². The van der Waals surface area contributed by atoms with Gasteiger partial charge in [-0.1, -0.05) is 29.3 Å². The lowest BCUT2D eigenvalue weighted by atomic mass is 10.2. The molecule has 2 aromatic carbocycles. The minimum Gasteiger partial charge on any atom is -0.490 e. The average molecular weight is 466 g/mol. The van der Waals surface area contributed by atoms with E-state index >= 15 is 0 Å².